The van der Waals surface area contributed by atoms with Gasteiger partial charge in [0.05, 0.1) is 25.2 Å². The van der Waals surface area contributed by atoms with Crippen LogP contribution >= 0.6 is 0 Å². The smallest absolute Gasteiger partial charge is 0.407 e. The minimum absolute atomic E-state index is 0.115. The van der Waals surface area contributed by atoms with E-state index < -0.39 is 12.0 Å². The summed E-state index contributed by atoms with van der Waals surface area (Å²) in [7, 11) is 0. The molecule has 0 aliphatic carbocycles. The first-order valence-electron chi connectivity index (χ1n) is 13.0. The van der Waals surface area contributed by atoms with Crippen LogP contribution in [0.2, 0.25) is 0 Å². The molecule has 3 amide bonds. The van der Waals surface area contributed by atoms with Crippen LogP contribution in [0.5, 0.6) is 0 Å². The molecule has 0 radical (unpaired) electrons. The molecule has 2 aromatic heterocycles. The second-order valence-corrected chi connectivity index (χ2v) is 11.5. The van der Waals surface area contributed by atoms with Gasteiger partial charge in [-0.25, -0.2) is 9.18 Å². The van der Waals surface area contributed by atoms with Crippen molar-refractivity contribution >= 4 is 17.9 Å². The fourth-order valence-electron chi connectivity index (χ4n) is 5.88. The van der Waals surface area contributed by atoms with Gasteiger partial charge in [0.25, 0.3) is 11.8 Å². The number of hydrogen-bond donors (Lipinski definition) is 3. The summed E-state index contributed by atoms with van der Waals surface area (Å²) in [5.74, 6) is -1.03. The van der Waals surface area contributed by atoms with Crippen molar-refractivity contribution in [2.75, 3.05) is 13.1 Å². The normalized spacial score (nSPS) is 20.8. The topological polar surface area (TPSA) is 124 Å². The van der Waals surface area contributed by atoms with Crippen molar-refractivity contribution in [3.05, 3.63) is 76.6 Å². The molecule has 1 aromatic carbocycles. The molecule has 0 bridgehead atoms. The van der Waals surface area contributed by atoms with Gasteiger partial charge in [-0.05, 0) is 35.2 Å². The number of hydrogen-bond acceptors (Lipinski definition) is 4. The largest absolute Gasteiger partial charge is 0.465 e. The van der Waals surface area contributed by atoms with Crippen LogP contribution in [0.1, 0.15) is 71.4 Å². The van der Waals surface area contributed by atoms with Crippen molar-refractivity contribution in [3.63, 3.8) is 0 Å². The van der Waals surface area contributed by atoms with Crippen molar-refractivity contribution in [2.24, 2.45) is 5.41 Å². The van der Waals surface area contributed by atoms with Gasteiger partial charge in [-0.15, -0.1) is 0 Å². The number of carboxylic acid groups (broad SMARTS) is 1. The van der Waals surface area contributed by atoms with E-state index in [9.17, 15) is 23.9 Å². The van der Waals surface area contributed by atoms with E-state index in [-0.39, 0.29) is 53.9 Å². The molecule has 3 N–H and O–H groups in total. The molecule has 206 valence electrons. The Labute approximate surface area is 225 Å². The number of aromatic amines is 1. The Hall–Kier alpha value is -4.15. The van der Waals surface area contributed by atoms with Crippen LogP contribution in [0, 0.1) is 11.2 Å². The van der Waals surface area contributed by atoms with E-state index in [2.05, 4.69) is 10.3 Å². The number of benzene rings is 1. The second kappa shape index (κ2) is 9.87. The average Bonchev–Trinajstić information content (AvgIpc) is 3.50. The van der Waals surface area contributed by atoms with Gasteiger partial charge in [-0.2, -0.15) is 5.10 Å². The van der Waals surface area contributed by atoms with Crippen molar-refractivity contribution in [3.8, 4) is 0 Å². The molecule has 5 rings (SSSR count). The Kier molecular flexibility index (Phi) is 6.69. The number of nitrogens with zero attached hydrogens (tertiary/aromatic N) is 4. The summed E-state index contributed by atoms with van der Waals surface area (Å²) < 4.78 is 15.3. The Morgan fingerprint density at radius 2 is 1.87 bits per heavy atom. The first kappa shape index (κ1) is 26.5. The highest BCUT2D eigenvalue weighted by atomic mass is 19.1. The van der Waals surface area contributed by atoms with Gasteiger partial charge in [0.15, 0.2) is 5.69 Å². The van der Waals surface area contributed by atoms with Crippen LogP contribution in [0.15, 0.2) is 42.6 Å². The third-order valence-corrected chi connectivity index (χ3v) is 7.54. The number of amides is 3. The van der Waals surface area contributed by atoms with E-state index in [4.69, 9.17) is 5.10 Å². The van der Waals surface area contributed by atoms with Gasteiger partial charge >= 0.3 is 6.09 Å². The van der Waals surface area contributed by atoms with Crippen LogP contribution in [0.3, 0.4) is 0 Å². The minimum Gasteiger partial charge on any atom is -0.465 e. The van der Waals surface area contributed by atoms with E-state index >= 15 is 0 Å². The minimum atomic E-state index is -1.02. The monoisotopic (exact) mass is 536 g/mol. The number of H-pyrrole nitrogens is 1. The number of carbonyl (C=O) groups excluding carboxylic acids is 2. The molecule has 1 saturated heterocycles. The van der Waals surface area contributed by atoms with Crippen LogP contribution in [0.25, 0.3) is 0 Å². The van der Waals surface area contributed by atoms with Gasteiger partial charge in [0, 0.05) is 36.5 Å². The van der Waals surface area contributed by atoms with E-state index in [1.165, 1.54) is 17.0 Å². The van der Waals surface area contributed by atoms with Gasteiger partial charge in [0.1, 0.15) is 11.5 Å². The molecule has 39 heavy (non-hydrogen) atoms. The Morgan fingerprint density at radius 3 is 2.49 bits per heavy atom. The SMILES string of the molecule is CC1CN(C(=O)c2ccc[nH]2)Cc2c(C(=O)NC3CN(C(=O)O)C3C(C)(C)C)nn(Cc3ccc(F)cc3)c21. The maximum absolute atomic E-state index is 13.7. The highest BCUT2D eigenvalue weighted by molar-refractivity contribution is 5.96. The molecule has 0 spiro atoms. The van der Waals surface area contributed by atoms with Gasteiger partial charge in [0.2, 0.25) is 0 Å². The van der Waals surface area contributed by atoms with Crippen molar-refractivity contribution in [1.82, 2.24) is 29.9 Å². The zero-order valence-electron chi connectivity index (χ0n) is 22.4. The number of rotatable bonds is 5. The van der Waals surface area contributed by atoms with Crippen LogP contribution < -0.4 is 5.32 Å². The molecule has 2 aliphatic heterocycles. The summed E-state index contributed by atoms with van der Waals surface area (Å²) in [6, 6.07) is 8.85. The molecule has 11 heteroatoms. The predicted octanol–water partition coefficient (Wildman–Crippen LogP) is 3.66. The third-order valence-electron chi connectivity index (χ3n) is 7.54. The Bertz CT molecular complexity index is 1390. The summed E-state index contributed by atoms with van der Waals surface area (Å²) in [4.78, 5) is 44.6. The quantitative estimate of drug-likeness (QED) is 0.459. The molecule has 3 aromatic rings. The zero-order valence-corrected chi connectivity index (χ0v) is 22.4. The van der Waals surface area contributed by atoms with E-state index in [0.29, 0.717) is 24.3 Å². The van der Waals surface area contributed by atoms with E-state index in [1.807, 2.05) is 27.7 Å². The van der Waals surface area contributed by atoms with Gasteiger partial charge < -0.3 is 25.2 Å². The average molecular weight is 537 g/mol. The standard InChI is InChI=1S/C28H33FN6O4/c1-16-12-33(26(37)20-6-5-11-30-20)14-19-22(32-35(23(16)19)13-17-7-9-18(29)10-8-17)25(36)31-21-15-34(27(38)39)24(21)28(2,3)4/h5-11,16,21,24,30H,12-15H2,1-4H3,(H,31,36)(H,38,39). The fourth-order valence-corrected chi connectivity index (χ4v) is 5.88. The lowest BCUT2D eigenvalue weighted by Gasteiger charge is -2.52. The predicted molar refractivity (Wildman–Crippen MR) is 141 cm³/mol. The highest BCUT2D eigenvalue weighted by Crippen LogP contribution is 2.35. The number of carbonyl (C=O) groups is 3. The summed E-state index contributed by atoms with van der Waals surface area (Å²) in [5, 5.41) is 17.3. The molecule has 3 unspecified atom stereocenters. The molecule has 1 fully saturated rings. The van der Waals surface area contributed by atoms with Crippen molar-refractivity contribution in [1.29, 1.82) is 0 Å². The lowest BCUT2D eigenvalue weighted by atomic mass is 9.76. The van der Waals surface area contributed by atoms with Crippen molar-refractivity contribution in [2.45, 2.75) is 58.8 Å². The molecular formula is C28H33FN6O4. The number of halogens is 1. The van der Waals surface area contributed by atoms with Crippen molar-refractivity contribution < 1.29 is 23.9 Å². The second-order valence-electron chi connectivity index (χ2n) is 11.5. The molecular weight excluding hydrogens is 503 g/mol. The maximum atomic E-state index is 13.7. The van der Waals surface area contributed by atoms with Crippen LogP contribution in [0.4, 0.5) is 9.18 Å². The Balaban J connectivity index is 1.47. The highest BCUT2D eigenvalue weighted by Gasteiger charge is 2.49. The fraction of sp³-hybridized carbons (Fsp3) is 0.429. The number of aromatic nitrogens is 3. The van der Waals surface area contributed by atoms with E-state index in [0.717, 1.165) is 11.3 Å². The summed E-state index contributed by atoms with van der Waals surface area (Å²) in [6.45, 7) is 9.00. The summed E-state index contributed by atoms with van der Waals surface area (Å²) >= 11 is 0. The van der Waals surface area contributed by atoms with Crippen LogP contribution in [-0.4, -0.2) is 72.8 Å². The molecule has 0 saturated carbocycles. The maximum Gasteiger partial charge on any atom is 0.407 e. The summed E-state index contributed by atoms with van der Waals surface area (Å²) in [5.41, 5.74) is 2.64. The van der Waals surface area contributed by atoms with Gasteiger partial charge in [-0.3, -0.25) is 14.3 Å². The summed E-state index contributed by atoms with van der Waals surface area (Å²) in [6.07, 6.45) is 0.671. The molecule has 4 heterocycles. The molecule has 10 nitrogen and oxygen atoms in total. The number of likely N-dealkylation sites (tertiary alicyclic amines) is 1. The molecule has 3 atom stereocenters. The van der Waals surface area contributed by atoms with Crippen LogP contribution in [-0.2, 0) is 13.1 Å². The first-order chi connectivity index (χ1) is 18.4. The lowest BCUT2D eigenvalue weighted by Crippen LogP contribution is -2.71. The third kappa shape index (κ3) is 5.00. The first-order valence-corrected chi connectivity index (χ1v) is 13.0. The number of fused-ring (bicyclic) bond motifs is 1. The van der Waals surface area contributed by atoms with E-state index in [1.54, 1.807) is 40.0 Å². The zero-order chi connectivity index (χ0) is 28.1. The molecule has 2 aliphatic rings. The number of nitrogens with one attached hydrogen (secondary N) is 2. The lowest BCUT2D eigenvalue weighted by molar-refractivity contribution is -0.0107. The van der Waals surface area contributed by atoms with Gasteiger partial charge in [-0.1, -0.05) is 39.8 Å². The Morgan fingerprint density at radius 1 is 1.15 bits per heavy atom.